The lowest BCUT2D eigenvalue weighted by molar-refractivity contribution is -0.472. The number of carboxylic acid groups (broad SMARTS) is 1. The van der Waals surface area contributed by atoms with Crippen molar-refractivity contribution in [1.82, 2.24) is 0 Å². The van der Waals surface area contributed by atoms with Crippen molar-refractivity contribution in [3.63, 3.8) is 0 Å². The Bertz CT molecular complexity index is 902. The molecule has 0 aromatic heterocycles. The molecule has 0 radical (unpaired) electrons. The maximum atomic E-state index is 13.5. The standard InChI is InChI=1S/C13HF23O3/c14-1(37)3(15,16)5(19,20)7(23,24)9(27,28)11(31,32)13(35,36)12(33,34)10(29,30)8(25,26)6(21,22)4(17,18)2(38)39/h(H,38,39). The summed E-state index contributed by atoms with van der Waals surface area (Å²) in [6.45, 7) is 0. The van der Waals surface area contributed by atoms with E-state index < -0.39 is 77.2 Å². The van der Waals surface area contributed by atoms with Gasteiger partial charge in [-0.15, -0.1) is 0 Å². The number of carbonyl (C=O) groups is 2. The molecule has 232 valence electrons. The molecule has 0 aromatic rings. The SMILES string of the molecule is O=C(O)C(F)(F)C(F)(F)C(F)(F)C(F)(F)C(F)(F)C(F)(F)C(F)(F)C(F)(F)C(F)(F)C(F)(F)C(F)(F)C(=O)F. The summed E-state index contributed by atoms with van der Waals surface area (Å²) in [5.41, 5.74) is 0. The van der Waals surface area contributed by atoms with Gasteiger partial charge in [-0.3, -0.25) is 4.79 Å². The van der Waals surface area contributed by atoms with Crippen molar-refractivity contribution in [2.75, 3.05) is 0 Å². The highest BCUT2D eigenvalue weighted by atomic mass is 19.4. The highest BCUT2D eigenvalue weighted by Gasteiger charge is 2.99. The monoisotopic (exact) mass is 642 g/mol. The Hall–Kier alpha value is -2.47. The minimum atomic E-state index is -9.57. The molecule has 0 amide bonds. The minimum absolute atomic E-state index is 4.64. The third-order valence-corrected chi connectivity index (χ3v) is 4.46. The number of carbonyl (C=O) groups excluding carboxylic acids is 1. The average molecular weight is 642 g/mol. The second-order valence-corrected chi connectivity index (χ2v) is 6.90. The Kier molecular flexibility index (Phi) is 8.21. The molecule has 1 N–H and O–H groups in total. The molecule has 0 aliphatic rings. The van der Waals surface area contributed by atoms with Crippen LogP contribution in [0.1, 0.15) is 0 Å². The Morgan fingerprint density at radius 3 is 0.641 bits per heavy atom. The smallest absolute Gasteiger partial charge is 0.410 e. The van der Waals surface area contributed by atoms with Gasteiger partial charge in [0, 0.05) is 0 Å². The fraction of sp³-hybridized carbons (Fsp3) is 0.846. The fourth-order valence-corrected chi connectivity index (χ4v) is 2.03. The van der Waals surface area contributed by atoms with Gasteiger partial charge in [0.05, 0.1) is 0 Å². The fourth-order valence-electron chi connectivity index (χ4n) is 2.03. The summed E-state index contributed by atoms with van der Waals surface area (Å²) >= 11 is 0. The van der Waals surface area contributed by atoms with E-state index in [0.717, 1.165) is 0 Å². The van der Waals surface area contributed by atoms with Crippen LogP contribution < -0.4 is 0 Å². The third-order valence-electron chi connectivity index (χ3n) is 4.46. The van der Waals surface area contributed by atoms with Crippen molar-refractivity contribution in [2.45, 2.75) is 65.1 Å². The Morgan fingerprint density at radius 1 is 0.333 bits per heavy atom. The minimum Gasteiger partial charge on any atom is -0.477 e. The van der Waals surface area contributed by atoms with E-state index in [-0.39, 0.29) is 0 Å². The van der Waals surface area contributed by atoms with Crippen LogP contribution in [0.5, 0.6) is 0 Å². The van der Waals surface area contributed by atoms with E-state index in [0.29, 0.717) is 0 Å². The molecule has 0 bridgehead atoms. The molecule has 0 spiro atoms. The molecule has 3 nitrogen and oxygen atoms in total. The lowest BCUT2D eigenvalue weighted by Crippen LogP contribution is -2.78. The lowest BCUT2D eigenvalue weighted by Gasteiger charge is -2.45. The molecule has 0 rings (SSSR count). The van der Waals surface area contributed by atoms with E-state index in [2.05, 4.69) is 0 Å². The normalized spacial score (nSPS) is 16.4. The molecule has 26 heteroatoms. The van der Waals surface area contributed by atoms with Gasteiger partial charge in [0.2, 0.25) is 0 Å². The summed E-state index contributed by atoms with van der Waals surface area (Å²) in [6, 6.07) is -5.13. The first-order chi connectivity index (χ1) is 16.4. The molecule has 0 saturated heterocycles. The molecular weight excluding hydrogens is 641 g/mol. The van der Waals surface area contributed by atoms with Crippen LogP contribution in [0.4, 0.5) is 101 Å². The second-order valence-electron chi connectivity index (χ2n) is 6.90. The number of halogens is 23. The highest BCUT2D eigenvalue weighted by Crippen LogP contribution is 2.67. The maximum absolute atomic E-state index is 13.5. The van der Waals surface area contributed by atoms with Crippen molar-refractivity contribution in [3.8, 4) is 0 Å². The van der Waals surface area contributed by atoms with Gasteiger partial charge >= 0.3 is 77.2 Å². The lowest BCUT2D eigenvalue weighted by atomic mass is 9.84. The van der Waals surface area contributed by atoms with Crippen LogP contribution in [0.25, 0.3) is 0 Å². The molecule has 0 aliphatic carbocycles. The van der Waals surface area contributed by atoms with Crippen LogP contribution in [0.3, 0.4) is 0 Å². The van der Waals surface area contributed by atoms with Gasteiger partial charge < -0.3 is 5.11 Å². The van der Waals surface area contributed by atoms with Gasteiger partial charge in [-0.05, 0) is 0 Å². The summed E-state index contributed by atoms with van der Waals surface area (Å²) in [5, 5.41) is 7.65. The van der Waals surface area contributed by atoms with Crippen LogP contribution in [-0.2, 0) is 9.59 Å². The van der Waals surface area contributed by atoms with Gasteiger partial charge in [0.15, 0.2) is 0 Å². The predicted octanol–water partition coefficient (Wildman–Crippen LogP) is 6.56. The van der Waals surface area contributed by atoms with E-state index >= 15 is 0 Å². The molecule has 0 fully saturated rings. The van der Waals surface area contributed by atoms with E-state index in [1.165, 1.54) is 0 Å². The average Bonchev–Trinajstić information content (AvgIpc) is 2.71. The van der Waals surface area contributed by atoms with Crippen molar-refractivity contribution < 1.29 is 116 Å². The molecule has 39 heavy (non-hydrogen) atoms. The Morgan fingerprint density at radius 2 is 0.487 bits per heavy atom. The first-order valence-electron chi connectivity index (χ1n) is 7.98. The number of alkyl halides is 22. The van der Waals surface area contributed by atoms with Gasteiger partial charge in [0.1, 0.15) is 0 Å². The first kappa shape index (κ1) is 36.5. The van der Waals surface area contributed by atoms with E-state index in [1.807, 2.05) is 0 Å². The quantitative estimate of drug-likeness (QED) is 0.194. The highest BCUT2D eigenvalue weighted by molar-refractivity contribution is 5.78. The number of rotatable bonds is 12. The molecule has 0 heterocycles. The molecule has 0 aromatic carbocycles. The Labute approximate surface area is 194 Å². The van der Waals surface area contributed by atoms with Gasteiger partial charge in [0.25, 0.3) is 0 Å². The van der Waals surface area contributed by atoms with Crippen molar-refractivity contribution in [1.29, 1.82) is 0 Å². The zero-order valence-electron chi connectivity index (χ0n) is 16.5. The van der Waals surface area contributed by atoms with Crippen LogP contribution in [0, 0.1) is 0 Å². The number of carboxylic acids is 1. The van der Waals surface area contributed by atoms with E-state index in [9.17, 15) is 111 Å². The van der Waals surface area contributed by atoms with Gasteiger partial charge in [-0.1, -0.05) is 0 Å². The zero-order chi connectivity index (χ0) is 32.7. The molecule has 0 atom stereocenters. The van der Waals surface area contributed by atoms with Crippen molar-refractivity contribution in [3.05, 3.63) is 0 Å². The summed E-state index contributed by atoms with van der Waals surface area (Å²) in [7, 11) is 0. The van der Waals surface area contributed by atoms with Crippen LogP contribution in [-0.4, -0.2) is 82.3 Å². The molecule has 0 unspecified atom stereocenters. The number of hydrogen-bond acceptors (Lipinski definition) is 2. The summed E-state index contributed by atoms with van der Waals surface area (Å²) in [6.07, 6.45) is 0. The zero-order valence-corrected chi connectivity index (χ0v) is 16.5. The Balaban J connectivity index is 7.34. The maximum Gasteiger partial charge on any atom is 0.410 e. The number of hydrogen-bond donors (Lipinski definition) is 1. The van der Waals surface area contributed by atoms with E-state index in [1.54, 1.807) is 0 Å². The van der Waals surface area contributed by atoms with Crippen molar-refractivity contribution in [2.24, 2.45) is 0 Å². The third kappa shape index (κ3) is 4.03. The molecule has 0 saturated carbocycles. The summed E-state index contributed by atoms with van der Waals surface area (Å²) in [4.78, 5) is 19.6. The second kappa shape index (κ2) is 8.76. The first-order valence-corrected chi connectivity index (χ1v) is 7.98. The topological polar surface area (TPSA) is 54.4 Å². The largest absolute Gasteiger partial charge is 0.477 e. The van der Waals surface area contributed by atoms with Gasteiger partial charge in [-0.25, -0.2) is 4.79 Å². The van der Waals surface area contributed by atoms with Crippen LogP contribution in [0.15, 0.2) is 0 Å². The molecular formula is C13HF23O3. The summed E-state index contributed by atoms with van der Waals surface area (Å²) < 4.78 is 302. The predicted molar refractivity (Wildman–Crippen MR) is 68.2 cm³/mol. The van der Waals surface area contributed by atoms with Crippen molar-refractivity contribution >= 4 is 12.0 Å². The van der Waals surface area contributed by atoms with Crippen LogP contribution in [0.2, 0.25) is 0 Å². The number of aliphatic carboxylic acids is 1. The molecule has 0 aliphatic heterocycles. The summed E-state index contributed by atoms with van der Waals surface area (Å²) in [5.74, 6) is -103. The van der Waals surface area contributed by atoms with E-state index in [4.69, 9.17) is 5.11 Å². The van der Waals surface area contributed by atoms with Crippen LogP contribution >= 0.6 is 0 Å². The van der Waals surface area contributed by atoms with Gasteiger partial charge in [-0.2, -0.15) is 101 Å².